The number of nitrogens with one attached hydrogen (secondary N) is 1. The number of ether oxygens (including phenoxy) is 2. The Morgan fingerprint density at radius 3 is 2.56 bits per heavy atom. The number of methoxy groups -OCH3 is 2. The lowest BCUT2D eigenvalue weighted by Gasteiger charge is -2.19. The molecule has 0 aliphatic carbocycles. The van der Waals surface area contributed by atoms with Crippen molar-refractivity contribution in [2.24, 2.45) is 0 Å². The van der Waals surface area contributed by atoms with Crippen LogP contribution in [0.25, 0.3) is 0 Å². The van der Waals surface area contributed by atoms with E-state index >= 15 is 0 Å². The fourth-order valence-corrected chi connectivity index (χ4v) is 3.16. The molecule has 1 aromatic heterocycles. The standard InChI is InChI=1S/C18H23N3O5S/c1-25-15-7-8-16(17(12-15)26-2)20-18(22)9-11-21(27(3,23)24)13-14-6-4-5-10-19-14/h4-8,10,12H,9,11,13H2,1-3H3,(H,20,22). The van der Waals surface area contributed by atoms with E-state index in [1.807, 2.05) is 0 Å². The van der Waals surface area contributed by atoms with Gasteiger partial charge < -0.3 is 14.8 Å². The minimum atomic E-state index is -3.48. The Kier molecular flexibility index (Phi) is 7.14. The van der Waals surface area contributed by atoms with Crippen LogP contribution in [0.3, 0.4) is 0 Å². The fraction of sp³-hybridized carbons (Fsp3) is 0.333. The monoisotopic (exact) mass is 393 g/mol. The largest absolute Gasteiger partial charge is 0.497 e. The van der Waals surface area contributed by atoms with Crippen LogP contribution in [0.4, 0.5) is 5.69 Å². The summed E-state index contributed by atoms with van der Waals surface area (Å²) in [5, 5.41) is 2.73. The van der Waals surface area contributed by atoms with Crippen LogP contribution in [0.15, 0.2) is 42.6 Å². The Morgan fingerprint density at radius 1 is 1.19 bits per heavy atom. The first-order valence-corrected chi connectivity index (χ1v) is 10.0. The molecule has 0 radical (unpaired) electrons. The summed E-state index contributed by atoms with van der Waals surface area (Å²) in [5.41, 5.74) is 1.10. The minimum Gasteiger partial charge on any atom is -0.497 e. The predicted octanol–water partition coefficient (Wildman–Crippen LogP) is 1.89. The number of carbonyl (C=O) groups excluding carboxylic acids is 1. The first-order valence-electron chi connectivity index (χ1n) is 8.20. The molecule has 0 aliphatic heterocycles. The normalized spacial score (nSPS) is 11.3. The van der Waals surface area contributed by atoms with Crippen LogP contribution in [-0.2, 0) is 21.4 Å². The summed E-state index contributed by atoms with van der Waals surface area (Å²) in [4.78, 5) is 16.4. The first kappa shape index (κ1) is 20.7. The predicted molar refractivity (Wildman–Crippen MR) is 102 cm³/mol. The first-order chi connectivity index (χ1) is 12.8. The van der Waals surface area contributed by atoms with E-state index in [2.05, 4.69) is 10.3 Å². The summed E-state index contributed by atoms with van der Waals surface area (Å²) >= 11 is 0. The summed E-state index contributed by atoms with van der Waals surface area (Å²) in [7, 11) is -0.456. The van der Waals surface area contributed by atoms with Gasteiger partial charge in [-0.2, -0.15) is 4.31 Å². The summed E-state index contributed by atoms with van der Waals surface area (Å²) in [6.45, 7) is 0.151. The lowest BCUT2D eigenvalue weighted by Crippen LogP contribution is -2.32. The molecule has 1 amide bonds. The Balaban J connectivity index is 2.01. The van der Waals surface area contributed by atoms with Gasteiger partial charge in [-0.25, -0.2) is 8.42 Å². The number of hydrogen-bond acceptors (Lipinski definition) is 6. The molecule has 1 heterocycles. The third kappa shape index (κ3) is 6.22. The molecular formula is C18H23N3O5S. The summed E-state index contributed by atoms with van der Waals surface area (Å²) < 4.78 is 35.6. The Bertz CT molecular complexity index is 872. The average Bonchev–Trinajstić information content (AvgIpc) is 2.65. The van der Waals surface area contributed by atoms with Crippen molar-refractivity contribution in [3.05, 3.63) is 48.3 Å². The van der Waals surface area contributed by atoms with Crippen LogP contribution in [0.5, 0.6) is 11.5 Å². The highest BCUT2D eigenvalue weighted by Gasteiger charge is 2.19. The van der Waals surface area contributed by atoms with E-state index in [1.165, 1.54) is 18.5 Å². The van der Waals surface area contributed by atoms with Crippen LogP contribution >= 0.6 is 0 Å². The number of aromatic nitrogens is 1. The number of rotatable bonds is 9. The second-order valence-corrected chi connectivity index (χ2v) is 7.76. The van der Waals surface area contributed by atoms with Crippen molar-refractivity contribution in [2.75, 3.05) is 32.3 Å². The molecule has 8 nitrogen and oxygen atoms in total. The second kappa shape index (κ2) is 9.33. The number of hydrogen-bond donors (Lipinski definition) is 1. The zero-order valence-electron chi connectivity index (χ0n) is 15.5. The smallest absolute Gasteiger partial charge is 0.225 e. The highest BCUT2D eigenvalue weighted by atomic mass is 32.2. The number of carbonyl (C=O) groups is 1. The Morgan fingerprint density at radius 2 is 1.96 bits per heavy atom. The summed E-state index contributed by atoms with van der Waals surface area (Å²) in [6, 6.07) is 10.3. The molecule has 0 unspecified atom stereocenters. The molecule has 0 saturated carbocycles. The number of amides is 1. The zero-order valence-corrected chi connectivity index (χ0v) is 16.3. The van der Waals surface area contributed by atoms with Gasteiger partial charge >= 0.3 is 0 Å². The maximum atomic E-state index is 12.3. The number of sulfonamides is 1. The lowest BCUT2D eigenvalue weighted by atomic mass is 10.2. The number of pyridine rings is 1. The Labute approximate surface area is 159 Å². The van der Waals surface area contributed by atoms with Crippen molar-refractivity contribution < 1.29 is 22.7 Å². The van der Waals surface area contributed by atoms with Gasteiger partial charge in [0.05, 0.1) is 38.4 Å². The molecule has 1 N–H and O–H groups in total. The van der Waals surface area contributed by atoms with E-state index in [0.717, 1.165) is 6.26 Å². The van der Waals surface area contributed by atoms with E-state index in [1.54, 1.807) is 42.6 Å². The molecule has 27 heavy (non-hydrogen) atoms. The van der Waals surface area contributed by atoms with Gasteiger partial charge in [-0.1, -0.05) is 6.07 Å². The van der Waals surface area contributed by atoms with E-state index in [-0.39, 0.29) is 25.4 Å². The molecule has 0 fully saturated rings. The van der Waals surface area contributed by atoms with E-state index < -0.39 is 10.0 Å². The zero-order chi connectivity index (χ0) is 19.9. The maximum absolute atomic E-state index is 12.3. The van der Waals surface area contributed by atoms with Crippen molar-refractivity contribution in [1.82, 2.24) is 9.29 Å². The highest BCUT2D eigenvalue weighted by Crippen LogP contribution is 2.29. The lowest BCUT2D eigenvalue weighted by molar-refractivity contribution is -0.116. The molecular weight excluding hydrogens is 370 g/mol. The maximum Gasteiger partial charge on any atom is 0.225 e. The van der Waals surface area contributed by atoms with Crippen LogP contribution < -0.4 is 14.8 Å². The summed E-state index contributed by atoms with van der Waals surface area (Å²) in [5.74, 6) is 0.729. The topological polar surface area (TPSA) is 97.8 Å². The minimum absolute atomic E-state index is 0.00487. The fourth-order valence-electron chi connectivity index (χ4n) is 2.38. The molecule has 9 heteroatoms. The van der Waals surface area contributed by atoms with Gasteiger partial charge in [0.1, 0.15) is 11.5 Å². The van der Waals surface area contributed by atoms with Crippen LogP contribution in [0.1, 0.15) is 12.1 Å². The van der Waals surface area contributed by atoms with Gasteiger partial charge in [0.25, 0.3) is 0 Å². The van der Waals surface area contributed by atoms with Crippen molar-refractivity contribution in [2.45, 2.75) is 13.0 Å². The van der Waals surface area contributed by atoms with Crippen molar-refractivity contribution in [1.29, 1.82) is 0 Å². The van der Waals surface area contributed by atoms with Gasteiger partial charge in [-0.05, 0) is 24.3 Å². The third-order valence-corrected chi connectivity index (χ3v) is 5.05. The molecule has 1 aromatic carbocycles. The molecule has 0 bridgehead atoms. The quantitative estimate of drug-likeness (QED) is 0.699. The van der Waals surface area contributed by atoms with E-state index in [9.17, 15) is 13.2 Å². The SMILES string of the molecule is COc1ccc(NC(=O)CCN(Cc2ccccn2)S(C)(=O)=O)c(OC)c1. The van der Waals surface area contributed by atoms with Gasteiger partial charge in [0.2, 0.25) is 15.9 Å². The molecule has 0 spiro atoms. The van der Waals surface area contributed by atoms with Crippen molar-refractivity contribution in [3.63, 3.8) is 0 Å². The van der Waals surface area contributed by atoms with Gasteiger partial charge in [0.15, 0.2) is 0 Å². The molecule has 0 aliphatic rings. The second-order valence-electron chi connectivity index (χ2n) is 5.78. The van der Waals surface area contributed by atoms with E-state index in [0.29, 0.717) is 22.9 Å². The van der Waals surface area contributed by atoms with Gasteiger partial charge in [0, 0.05) is 25.2 Å². The van der Waals surface area contributed by atoms with Crippen LogP contribution in [-0.4, -0.2) is 50.6 Å². The van der Waals surface area contributed by atoms with Crippen molar-refractivity contribution >= 4 is 21.6 Å². The molecule has 0 saturated heterocycles. The van der Waals surface area contributed by atoms with Gasteiger partial charge in [-0.15, -0.1) is 0 Å². The number of anilines is 1. The summed E-state index contributed by atoms with van der Waals surface area (Å²) in [6.07, 6.45) is 2.70. The number of nitrogens with zero attached hydrogens (tertiary/aromatic N) is 2. The molecule has 146 valence electrons. The average molecular weight is 393 g/mol. The van der Waals surface area contributed by atoms with E-state index in [4.69, 9.17) is 9.47 Å². The Hall–Kier alpha value is -2.65. The highest BCUT2D eigenvalue weighted by molar-refractivity contribution is 7.88. The third-order valence-electron chi connectivity index (χ3n) is 3.80. The van der Waals surface area contributed by atoms with Crippen molar-refractivity contribution in [3.8, 4) is 11.5 Å². The van der Waals surface area contributed by atoms with Gasteiger partial charge in [-0.3, -0.25) is 9.78 Å². The van der Waals surface area contributed by atoms with Crippen LogP contribution in [0, 0.1) is 0 Å². The molecule has 2 rings (SSSR count). The number of benzene rings is 1. The molecule has 2 aromatic rings. The van der Waals surface area contributed by atoms with Crippen LogP contribution in [0.2, 0.25) is 0 Å². The molecule has 0 atom stereocenters.